The maximum Gasteiger partial charge on any atom is 0.106 e. The predicted molar refractivity (Wildman–Crippen MR) is 76.2 cm³/mol. The normalized spacial score (nSPS) is 24.1. The molecule has 0 spiro atoms. The zero-order valence-corrected chi connectivity index (χ0v) is 12.3. The Bertz CT molecular complexity index is 359. The molecule has 0 aromatic carbocycles. The smallest absolute Gasteiger partial charge is 0.106 e. The van der Waals surface area contributed by atoms with Crippen LogP contribution < -0.4 is 5.32 Å². The van der Waals surface area contributed by atoms with Crippen LogP contribution in [0.2, 0.25) is 0 Å². The van der Waals surface area contributed by atoms with Crippen LogP contribution in [0, 0.1) is 5.41 Å². The van der Waals surface area contributed by atoms with Gasteiger partial charge in [-0.05, 0) is 59.2 Å². The van der Waals surface area contributed by atoms with Crippen molar-refractivity contribution in [2.45, 2.75) is 52.0 Å². The van der Waals surface area contributed by atoms with Gasteiger partial charge < -0.3 is 5.32 Å². The number of rotatable bonds is 2. The maximum atomic E-state index is 4.25. The first kappa shape index (κ1) is 12.9. The Balaban J connectivity index is 1.93. The highest BCUT2D eigenvalue weighted by molar-refractivity contribution is 9.10. The van der Waals surface area contributed by atoms with Gasteiger partial charge in [0.2, 0.25) is 0 Å². The second kappa shape index (κ2) is 5.38. The topological polar surface area (TPSA) is 24.9 Å². The first-order valence-corrected chi connectivity index (χ1v) is 7.23. The van der Waals surface area contributed by atoms with Crippen molar-refractivity contribution in [3.8, 4) is 0 Å². The summed E-state index contributed by atoms with van der Waals surface area (Å²) in [5, 5.41) is 3.60. The highest BCUT2D eigenvalue weighted by Crippen LogP contribution is 2.34. The fourth-order valence-corrected chi connectivity index (χ4v) is 2.74. The third kappa shape index (κ3) is 3.98. The Morgan fingerprint density at radius 3 is 2.82 bits per heavy atom. The van der Waals surface area contributed by atoms with Crippen LogP contribution in [0.25, 0.3) is 0 Å². The summed E-state index contributed by atoms with van der Waals surface area (Å²) in [6.07, 6.45) is 8.44. The van der Waals surface area contributed by atoms with Crippen molar-refractivity contribution in [2.75, 3.05) is 5.32 Å². The molecule has 2 nitrogen and oxygen atoms in total. The van der Waals surface area contributed by atoms with E-state index in [0.717, 1.165) is 10.3 Å². The van der Waals surface area contributed by atoms with E-state index in [1.165, 1.54) is 32.1 Å². The van der Waals surface area contributed by atoms with E-state index in [2.05, 4.69) is 46.1 Å². The zero-order chi connectivity index (χ0) is 12.3. The molecule has 0 saturated heterocycles. The van der Waals surface area contributed by atoms with Crippen LogP contribution >= 0.6 is 15.9 Å². The molecule has 0 amide bonds. The summed E-state index contributed by atoms with van der Waals surface area (Å²) < 4.78 is 0.894. The minimum Gasteiger partial charge on any atom is -0.381 e. The van der Waals surface area contributed by atoms with Crippen molar-refractivity contribution in [1.29, 1.82) is 0 Å². The molecule has 1 N–H and O–H groups in total. The van der Waals surface area contributed by atoms with Gasteiger partial charge in [-0.15, -0.1) is 0 Å². The van der Waals surface area contributed by atoms with Gasteiger partial charge in [-0.1, -0.05) is 20.3 Å². The van der Waals surface area contributed by atoms with Crippen LogP contribution in [-0.2, 0) is 0 Å². The molecule has 0 aliphatic heterocycles. The van der Waals surface area contributed by atoms with E-state index in [-0.39, 0.29) is 0 Å². The van der Waals surface area contributed by atoms with Crippen LogP contribution in [-0.4, -0.2) is 11.0 Å². The quantitative estimate of drug-likeness (QED) is 0.636. The number of pyridine rings is 1. The average Bonchev–Trinajstić information content (AvgIpc) is 2.44. The molecule has 1 atom stereocenters. The van der Waals surface area contributed by atoms with E-state index in [9.17, 15) is 0 Å². The van der Waals surface area contributed by atoms with Crippen molar-refractivity contribution in [1.82, 2.24) is 4.98 Å². The highest BCUT2D eigenvalue weighted by atomic mass is 79.9. The van der Waals surface area contributed by atoms with Crippen LogP contribution in [0.5, 0.6) is 0 Å². The third-order valence-corrected chi connectivity index (χ3v) is 4.14. The average molecular weight is 297 g/mol. The van der Waals surface area contributed by atoms with Crippen molar-refractivity contribution in [3.63, 3.8) is 0 Å². The molecule has 3 heteroatoms. The molecule has 1 unspecified atom stereocenters. The van der Waals surface area contributed by atoms with E-state index < -0.39 is 0 Å². The number of anilines is 1. The summed E-state index contributed by atoms with van der Waals surface area (Å²) in [5.74, 6) is 0. The van der Waals surface area contributed by atoms with Gasteiger partial charge in [0.25, 0.3) is 0 Å². The SMILES string of the molecule is CC1(C)CCCC(Nc2ccc(Br)nc2)CC1. The second-order valence-electron chi connectivity index (χ2n) is 5.81. The van der Waals surface area contributed by atoms with Gasteiger partial charge in [0, 0.05) is 6.04 Å². The van der Waals surface area contributed by atoms with Crippen molar-refractivity contribution >= 4 is 21.6 Å². The number of nitrogens with zero attached hydrogens (tertiary/aromatic N) is 1. The molecule has 1 aliphatic rings. The van der Waals surface area contributed by atoms with E-state index in [0.29, 0.717) is 11.5 Å². The number of nitrogens with one attached hydrogen (secondary N) is 1. The Morgan fingerprint density at radius 1 is 1.29 bits per heavy atom. The maximum absolute atomic E-state index is 4.25. The van der Waals surface area contributed by atoms with E-state index in [4.69, 9.17) is 0 Å². The summed E-state index contributed by atoms with van der Waals surface area (Å²) in [4.78, 5) is 4.25. The lowest BCUT2D eigenvalue weighted by Crippen LogP contribution is -2.19. The summed E-state index contributed by atoms with van der Waals surface area (Å²) in [6.45, 7) is 4.77. The number of hydrogen-bond donors (Lipinski definition) is 1. The van der Waals surface area contributed by atoms with Gasteiger partial charge in [-0.25, -0.2) is 4.98 Å². The number of hydrogen-bond acceptors (Lipinski definition) is 2. The Labute approximate surface area is 112 Å². The van der Waals surface area contributed by atoms with Crippen molar-refractivity contribution in [3.05, 3.63) is 22.9 Å². The Hall–Kier alpha value is -0.570. The predicted octanol–water partition coefficient (Wildman–Crippen LogP) is 4.61. The molecular formula is C14H21BrN2. The first-order chi connectivity index (χ1) is 8.05. The molecule has 17 heavy (non-hydrogen) atoms. The number of halogens is 1. The molecule has 1 aromatic rings. The Morgan fingerprint density at radius 2 is 2.12 bits per heavy atom. The Kier molecular flexibility index (Phi) is 4.08. The molecule has 1 heterocycles. The summed E-state index contributed by atoms with van der Waals surface area (Å²) >= 11 is 3.36. The lowest BCUT2D eigenvalue weighted by atomic mass is 9.85. The molecule has 0 radical (unpaired) electrons. The van der Waals surface area contributed by atoms with E-state index in [1.54, 1.807) is 0 Å². The summed E-state index contributed by atoms with van der Waals surface area (Å²) in [6, 6.07) is 4.69. The van der Waals surface area contributed by atoms with Gasteiger partial charge in [0.15, 0.2) is 0 Å². The van der Waals surface area contributed by atoms with Crippen LogP contribution in [0.1, 0.15) is 46.0 Å². The van der Waals surface area contributed by atoms with Crippen LogP contribution in [0.4, 0.5) is 5.69 Å². The molecule has 0 bridgehead atoms. The molecule has 1 fully saturated rings. The molecule has 94 valence electrons. The molecule has 1 aliphatic carbocycles. The summed E-state index contributed by atoms with van der Waals surface area (Å²) in [7, 11) is 0. The monoisotopic (exact) mass is 296 g/mol. The molecule has 1 aromatic heterocycles. The van der Waals surface area contributed by atoms with E-state index in [1.807, 2.05) is 12.3 Å². The zero-order valence-electron chi connectivity index (χ0n) is 10.7. The van der Waals surface area contributed by atoms with Gasteiger partial charge in [0.1, 0.15) is 4.60 Å². The fourth-order valence-electron chi connectivity index (χ4n) is 2.50. The highest BCUT2D eigenvalue weighted by Gasteiger charge is 2.24. The lowest BCUT2D eigenvalue weighted by molar-refractivity contribution is 0.313. The third-order valence-electron chi connectivity index (χ3n) is 3.67. The minimum absolute atomic E-state index is 0.522. The fraction of sp³-hybridized carbons (Fsp3) is 0.643. The van der Waals surface area contributed by atoms with Crippen LogP contribution in [0.15, 0.2) is 22.9 Å². The number of aromatic nitrogens is 1. The second-order valence-corrected chi connectivity index (χ2v) is 6.62. The van der Waals surface area contributed by atoms with Gasteiger partial charge in [-0.3, -0.25) is 0 Å². The van der Waals surface area contributed by atoms with Crippen molar-refractivity contribution < 1.29 is 0 Å². The van der Waals surface area contributed by atoms with Crippen LogP contribution in [0.3, 0.4) is 0 Å². The molecule has 1 saturated carbocycles. The molecular weight excluding hydrogens is 276 g/mol. The van der Waals surface area contributed by atoms with Gasteiger partial charge >= 0.3 is 0 Å². The van der Waals surface area contributed by atoms with Gasteiger partial charge in [-0.2, -0.15) is 0 Å². The van der Waals surface area contributed by atoms with Crippen molar-refractivity contribution in [2.24, 2.45) is 5.41 Å². The first-order valence-electron chi connectivity index (χ1n) is 6.43. The standard InChI is InChI=1S/C14H21BrN2/c1-14(2)8-3-4-11(7-9-14)17-12-5-6-13(15)16-10-12/h5-6,10-11,17H,3-4,7-9H2,1-2H3. The summed E-state index contributed by atoms with van der Waals surface area (Å²) in [5.41, 5.74) is 1.66. The van der Waals surface area contributed by atoms with E-state index >= 15 is 0 Å². The molecule has 2 rings (SSSR count). The lowest BCUT2D eigenvalue weighted by Gasteiger charge is -2.22. The minimum atomic E-state index is 0.522. The largest absolute Gasteiger partial charge is 0.381 e. The van der Waals surface area contributed by atoms with Gasteiger partial charge in [0.05, 0.1) is 11.9 Å².